The molecule has 3 aromatic heterocycles. The third-order valence-corrected chi connectivity index (χ3v) is 12.6. The number of fused-ring (bicyclic) bond motifs is 9. The number of rotatable bonds is 7. The summed E-state index contributed by atoms with van der Waals surface area (Å²) in [7, 11) is 0. The predicted octanol–water partition coefficient (Wildman–Crippen LogP) is 15.1. The second-order valence-electron chi connectivity index (χ2n) is 16.6. The van der Waals surface area contributed by atoms with Crippen molar-refractivity contribution in [3.8, 4) is 79.5 Å². The predicted molar refractivity (Wildman–Crippen MR) is 271 cm³/mol. The van der Waals surface area contributed by atoms with E-state index in [-0.39, 0.29) is 0 Å². The van der Waals surface area contributed by atoms with Gasteiger partial charge in [0.15, 0.2) is 34.9 Å². The van der Waals surface area contributed by atoms with Crippen molar-refractivity contribution >= 4 is 54.3 Å². The normalized spacial score (nSPS) is 11.6. The molecule has 0 aliphatic rings. The largest absolute Gasteiger partial charge is 0.456 e. The number of aromatic nitrogens is 6. The topological polar surface area (TPSA) is 90.5 Å². The zero-order valence-corrected chi connectivity index (χ0v) is 35.9. The minimum absolute atomic E-state index is 0.580. The van der Waals surface area contributed by atoms with Crippen molar-refractivity contribution in [1.29, 1.82) is 0 Å². The van der Waals surface area contributed by atoms with E-state index in [2.05, 4.69) is 84.9 Å². The SMILES string of the molecule is c1ccc(-c2nc(-c3ccccc3)nc(-c3ccc4c5ccccc5c5ccc(-c6ccc7oc8cccc(-c9nc(-c%10ccccc%10)nc(-c%10ccccc%10)n9)c8c7c6)cc5c4c3)n2)cc1. The molecule has 13 aromatic rings. The molecule has 0 bridgehead atoms. The summed E-state index contributed by atoms with van der Waals surface area (Å²) in [5.41, 5.74) is 9.18. The molecular weight excluding hydrogens is 821 g/mol. The summed E-state index contributed by atoms with van der Waals surface area (Å²) in [4.78, 5) is 30.3. The smallest absolute Gasteiger partial charge is 0.164 e. The van der Waals surface area contributed by atoms with Gasteiger partial charge in [-0.1, -0.05) is 188 Å². The lowest BCUT2D eigenvalue weighted by atomic mass is 9.91. The Labute approximate surface area is 384 Å². The van der Waals surface area contributed by atoms with E-state index in [9.17, 15) is 0 Å². The third kappa shape index (κ3) is 6.76. The fraction of sp³-hybridized carbons (Fsp3) is 0. The van der Waals surface area contributed by atoms with Gasteiger partial charge in [0.05, 0.1) is 0 Å². The van der Waals surface area contributed by atoms with Crippen molar-refractivity contribution in [1.82, 2.24) is 29.9 Å². The molecule has 67 heavy (non-hydrogen) atoms. The highest BCUT2D eigenvalue weighted by atomic mass is 16.3. The molecule has 0 atom stereocenters. The molecule has 0 amide bonds. The van der Waals surface area contributed by atoms with Crippen LogP contribution < -0.4 is 0 Å². The lowest BCUT2D eigenvalue weighted by molar-refractivity contribution is 0.669. The Hall–Kier alpha value is -9.20. The van der Waals surface area contributed by atoms with Crippen LogP contribution in [0, 0.1) is 0 Å². The maximum atomic E-state index is 6.55. The fourth-order valence-electron chi connectivity index (χ4n) is 9.33. The number of hydrogen-bond donors (Lipinski definition) is 0. The van der Waals surface area contributed by atoms with Crippen LogP contribution in [0.5, 0.6) is 0 Å². The lowest BCUT2D eigenvalue weighted by Gasteiger charge is -2.14. The summed E-state index contributed by atoms with van der Waals surface area (Å²) in [6.07, 6.45) is 0. The quantitative estimate of drug-likeness (QED) is 0.147. The average molecular weight is 857 g/mol. The van der Waals surface area contributed by atoms with Gasteiger partial charge in [-0.15, -0.1) is 0 Å². The van der Waals surface area contributed by atoms with Gasteiger partial charge < -0.3 is 4.42 Å². The Morgan fingerprint density at radius 3 is 1.09 bits per heavy atom. The highest BCUT2D eigenvalue weighted by molar-refractivity contribution is 6.26. The Morgan fingerprint density at radius 1 is 0.224 bits per heavy atom. The number of nitrogens with zero attached hydrogens (tertiary/aromatic N) is 6. The third-order valence-electron chi connectivity index (χ3n) is 12.6. The molecule has 0 fully saturated rings. The van der Waals surface area contributed by atoms with E-state index in [1.807, 2.05) is 133 Å². The summed E-state index contributed by atoms with van der Waals surface area (Å²) in [6, 6.07) is 74.9. The number of furan rings is 1. The van der Waals surface area contributed by atoms with Crippen molar-refractivity contribution in [3.63, 3.8) is 0 Å². The molecule has 0 saturated carbocycles. The standard InChI is InChI=1S/C60H36N6O/c1-5-16-37(17-6-1)55-61-56(38-18-7-2-8-19-38)64-59(63-55)43-29-32-47-45-25-14-13-24-44(45)46-31-28-41(34-49(46)50(47)36-43)42-30-33-52-51(35-42)54-48(26-15-27-53(54)67-52)60-65-57(39-20-9-3-10-21-39)62-58(66-60)40-22-11-4-12-23-40/h1-36H. The van der Waals surface area contributed by atoms with Crippen LogP contribution in [0.3, 0.4) is 0 Å². The molecule has 0 unspecified atom stereocenters. The molecule has 0 N–H and O–H groups in total. The first-order valence-electron chi connectivity index (χ1n) is 22.3. The van der Waals surface area contributed by atoms with Crippen LogP contribution in [0.4, 0.5) is 0 Å². The summed E-state index contributed by atoms with van der Waals surface area (Å²) in [5.74, 6) is 3.67. The fourth-order valence-corrected chi connectivity index (χ4v) is 9.33. The van der Waals surface area contributed by atoms with E-state index in [0.717, 1.165) is 82.6 Å². The van der Waals surface area contributed by atoms with Crippen LogP contribution in [0.25, 0.3) is 134 Å². The van der Waals surface area contributed by atoms with E-state index >= 15 is 0 Å². The van der Waals surface area contributed by atoms with Crippen molar-refractivity contribution < 1.29 is 4.42 Å². The Balaban J connectivity index is 0.987. The number of benzene rings is 10. The first-order valence-corrected chi connectivity index (χ1v) is 22.3. The van der Waals surface area contributed by atoms with Gasteiger partial charge >= 0.3 is 0 Å². The summed E-state index contributed by atoms with van der Waals surface area (Å²) in [5, 5.41) is 8.91. The van der Waals surface area contributed by atoms with Crippen LogP contribution in [0.1, 0.15) is 0 Å². The minimum Gasteiger partial charge on any atom is -0.456 e. The lowest BCUT2D eigenvalue weighted by Crippen LogP contribution is -2.00. The Kier molecular flexibility index (Phi) is 9.03. The van der Waals surface area contributed by atoms with Crippen LogP contribution in [-0.4, -0.2) is 29.9 Å². The highest BCUT2D eigenvalue weighted by Gasteiger charge is 2.20. The molecular formula is C60H36N6O. The Morgan fingerprint density at radius 2 is 0.597 bits per heavy atom. The van der Waals surface area contributed by atoms with E-state index in [0.29, 0.717) is 34.9 Å². The molecule has 7 nitrogen and oxygen atoms in total. The van der Waals surface area contributed by atoms with Gasteiger partial charge in [0.1, 0.15) is 11.2 Å². The minimum atomic E-state index is 0.580. The van der Waals surface area contributed by atoms with Gasteiger partial charge in [0.2, 0.25) is 0 Å². The van der Waals surface area contributed by atoms with Crippen LogP contribution in [0.15, 0.2) is 223 Å². The first-order chi connectivity index (χ1) is 33.2. The summed E-state index contributed by atoms with van der Waals surface area (Å²) in [6.45, 7) is 0. The Bertz CT molecular complexity index is 3910. The zero-order chi connectivity index (χ0) is 44.3. The van der Waals surface area contributed by atoms with Crippen molar-refractivity contribution in [2.75, 3.05) is 0 Å². The van der Waals surface area contributed by atoms with Gasteiger partial charge in [0, 0.05) is 44.2 Å². The van der Waals surface area contributed by atoms with Crippen LogP contribution >= 0.6 is 0 Å². The molecule has 0 spiro atoms. The molecule has 0 radical (unpaired) electrons. The van der Waals surface area contributed by atoms with Gasteiger partial charge in [0.25, 0.3) is 0 Å². The van der Waals surface area contributed by atoms with Gasteiger partial charge in [-0.25, -0.2) is 29.9 Å². The summed E-state index contributed by atoms with van der Waals surface area (Å²) >= 11 is 0. The van der Waals surface area contributed by atoms with Crippen molar-refractivity contribution in [2.45, 2.75) is 0 Å². The van der Waals surface area contributed by atoms with Gasteiger partial charge in [-0.3, -0.25) is 0 Å². The molecule has 0 aliphatic carbocycles. The van der Waals surface area contributed by atoms with E-state index in [4.69, 9.17) is 34.3 Å². The van der Waals surface area contributed by atoms with E-state index in [1.54, 1.807) is 0 Å². The second kappa shape index (κ2) is 15.8. The average Bonchev–Trinajstić information content (AvgIpc) is 3.80. The molecule has 13 rings (SSSR count). The maximum absolute atomic E-state index is 6.55. The molecule has 10 aromatic carbocycles. The highest BCUT2D eigenvalue weighted by Crippen LogP contribution is 2.42. The molecule has 0 saturated heterocycles. The monoisotopic (exact) mass is 856 g/mol. The van der Waals surface area contributed by atoms with Crippen LogP contribution in [-0.2, 0) is 0 Å². The maximum Gasteiger partial charge on any atom is 0.164 e. The van der Waals surface area contributed by atoms with Crippen LogP contribution in [0.2, 0.25) is 0 Å². The van der Waals surface area contributed by atoms with Crippen molar-refractivity contribution in [3.05, 3.63) is 218 Å². The van der Waals surface area contributed by atoms with E-state index < -0.39 is 0 Å². The van der Waals surface area contributed by atoms with Crippen molar-refractivity contribution in [2.24, 2.45) is 0 Å². The van der Waals surface area contributed by atoms with Gasteiger partial charge in [-0.2, -0.15) is 0 Å². The second-order valence-corrected chi connectivity index (χ2v) is 16.6. The molecule has 7 heteroatoms. The summed E-state index contributed by atoms with van der Waals surface area (Å²) < 4.78 is 6.55. The molecule has 3 heterocycles. The van der Waals surface area contributed by atoms with E-state index in [1.165, 1.54) is 16.2 Å². The first kappa shape index (κ1) is 38.3. The molecule has 312 valence electrons. The molecule has 0 aliphatic heterocycles. The van der Waals surface area contributed by atoms with Gasteiger partial charge in [-0.05, 0) is 73.8 Å². The zero-order valence-electron chi connectivity index (χ0n) is 35.9. The number of hydrogen-bond acceptors (Lipinski definition) is 7.